The van der Waals surface area contributed by atoms with E-state index in [0.717, 1.165) is 22.1 Å². The molecule has 0 saturated carbocycles. The first-order chi connectivity index (χ1) is 17.8. The van der Waals surface area contributed by atoms with Gasteiger partial charge in [0, 0.05) is 28.8 Å². The van der Waals surface area contributed by atoms with Crippen LogP contribution in [0, 0.1) is 12.7 Å². The maximum absolute atomic E-state index is 13.4. The summed E-state index contributed by atoms with van der Waals surface area (Å²) >= 11 is 0. The van der Waals surface area contributed by atoms with E-state index in [9.17, 15) is 23.9 Å². The van der Waals surface area contributed by atoms with Crippen LogP contribution in [-0.2, 0) is 22.4 Å². The van der Waals surface area contributed by atoms with Crippen molar-refractivity contribution >= 4 is 33.8 Å². The number of carboxylic acids is 1. The van der Waals surface area contributed by atoms with Gasteiger partial charge in [-0.1, -0.05) is 42.5 Å². The van der Waals surface area contributed by atoms with Gasteiger partial charge in [-0.3, -0.25) is 4.79 Å². The number of hydrogen-bond donors (Lipinski definition) is 2. The Labute approximate surface area is 210 Å². The molecule has 37 heavy (non-hydrogen) atoms. The standard InChI is InChI=1S/C29H22FNO6/c1-16-20-12-22-23(18-7-9-19(30)10-8-18)15-36-25(22)14-26(20)37-29(35)21(16)13-27(32)31-24(28(33)34)11-17-5-3-2-4-6-17/h2-10,12,14-15,24H,11,13H2,1H3,(H,31,32)(H,33,34)/t24-/m0/s1. The van der Waals surface area contributed by atoms with Gasteiger partial charge >= 0.3 is 11.6 Å². The van der Waals surface area contributed by atoms with E-state index in [1.54, 1.807) is 55.7 Å². The number of carbonyl (C=O) groups is 2. The highest BCUT2D eigenvalue weighted by Crippen LogP contribution is 2.34. The molecule has 5 rings (SSSR count). The Morgan fingerprint density at radius 1 is 1.00 bits per heavy atom. The molecule has 5 aromatic rings. The second-order valence-corrected chi connectivity index (χ2v) is 8.82. The van der Waals surface area contributed by atoms with E-state index >= 15 is 0 Å². The van der Waals surface area contributed by atoms with Gasteiger partial charge in [-0.2, -0.15) is 0 Å². The van der Waals surface area contributed by atoms with Crippen LogP contribution in [-0.4, -0.2) is 23.0 Å². The molecule has 8 heteroatoms. The lowest BCUT2D eigenvalue weighted by Gasteiger charge is -2.15. The van der Waals surface area contributed by atoms with Crippen molar-refractivity contribution in [3.8, 4) is 11.1 Å². The van der Waals surface area contributed by atoms with E-state index in [4.69, 9.17) is 8.83 Å². The van der Waals surface area contributed by atoms with E-state index in [2.05, 4.69) is 5.32 Å². The topological polar surface area (TPSA) is 110 Å². The monoisotopic (exact) mass is 499 g/mol. The van der Waals surface area contributed by atoms with Crippen molar-refractivity contribution in [3.05, 3.63) is 106 Å². The van der Waals surface area contributed by atoms with Crippen LogP contribution < -0.4 is 10.9 Å². The molecule has 1 amide bonds. The molecule has 0 unspecified atom stereocenters. The number of furan rings is 1. The summed E-state index contributed by atoms with van der Waals surface area (Å²) in [7, 11) is 0. The lowest BCUT2D eigenvalue weighted by molar-refractivity contribution is -0.141. The Balaban J connectivity index is 1.46. The minimum absolute atomic E-state index is 0.109. The zero-order valence-corrected chi connectivity index (χ0v) is 19.8. The lowest BCUT2D eigenvalue weighted by Crippen LogP contribution is -2.43. The molecule has 2 N–H and O–H groups in total. The van der Waals surface area contributed by atoms with Crippen molar-refractivity contribution in [2.45, 2.75) is 25.8 Å². The second-order valence-electron chi connectivity index (χ2n) is 8.82. The molecule has 2 heterocycles. The van der Waals surface area contributed by atoms with Gasteiger partial charge in [0.2, 0.25) is 5.91 Å². The molecule has 0 bridgehead atoms. The van der Waals surface area contributed by atoms with Crippen LogP contribution in [0.5, 0.6) is 0 Å². The van der Waals surface area contributed by atoms with Crippen LogP contribution >= 0.6 is 0 Å². The summed E-state index contributed by atoms with van der Waals surface area (Å²) in [6.07, 6.45) is 1.33. The molecule has 0 spiro atoms. The molecule has 0 saturated heterocycles. The Morgan fingerprint density at radius 3 is 2.43 bits per heavy atom. The van der Waals surface area contributed by atoms with Gasteiger partial charge in [0.15, 0.2) is 0 Å². The van der Waals surface area contributed by atoms with Crippen LogP contribution in [0.4, 0.5) is 4.39 Å². The predicted octanol–water partition coefficient (Wildman–Crippen LogP) is 5.01. The summed E-state index contributed by atoms with van der Waals surface area (Å²) in [6.45, 7) is 1.71. The van der Waals surface area contributed by atoms with E-state index in [-0.39, 0.29) is 24.2 Å². The summed E-state index contributed by atoms with van der Waals surface area (Å²) in [4.78, 5) is 37.3. The summed E-state index contributed by atoms with van der Waals surface area (Å²) in [5.41, 5.74) is 3.05. The summed E-state index contributed by atoms with van der Waals surface area (Å²) < 4.78 is 24.5. The third-order valence-electron chi connectivity index (χ3n) is 6.39. The maximum Gasteiger partial charge on any atom is 0.340 e. The lowest BCUT2D eigenvalue weighted by atomic mass is 9.99. The molecule has 0 aliphatic carbocycles. The average Bonchev–Trinajstić information content (AvgIpc) is 3.29. The summed E-state index contributed by atoms with van der Waals surface area (Å²) in [5, 5.41) is 13.4. The number of amides is 1. The zero-order chi connectivity index (χ0) is 26.1. The normalized spacial score (nSPS) is 12.1. The summed E-state index contributed by atoms with van der Waals surface area (Å²) in [5.74, 6) is -2.12. The number of fused-ring (bicyclic) bond motifs is 2. The molecular weight excluding hydrogens is 477 g/mol. The number of benzene rings is 3. The van der Waals surface area contributed by atoms with Crippen molar-refractivity contribution in [2.75, 3.05) is 0 Å². The maximum atomic E-state index is 13.4. The Bertz CT molecular complexity index is 1690. The predicted molar refractivity (Wildman–Crippen MR) is 136 cm³/mol. The van der Waals surface area contributed by atoms with Crippen molar-refractivity contribution in [2.24, 2.45) is 0 Å². The third kappa shape index (κ3) is 4.86. The number of halogens is 1. The zero-order valence-electron chi connectivity index (χ0n) is 19.8. The number of aryl methyl sites for hydroxylation is 1. The number of rotatable bonds is 7. The molecule has 186 valence electrons. The fourth-order valence-corrected chi connectivity index (χ4v) is 4.42. The quantitative estimate of drug-likeness (QED) is 0.305. The smallest absolute Gasteiger partial charge is 0.340 e. The van der Waals surface area contributed by atoms with Gasteiger partial charge < -0.3 is 19.3 Å². The number of nitrogens with one attached hydrogen (secondary N) is 1. The third-order valence-corrected chi connectivity index (χ3v) is 6.39. The van der Waals surface area contributed by atoms with Gasteiger partial charge in [0.1, 0.15) is 23.0 Å². The first-order valence-corrected chi connectivity index (χ1v) is 11.6. The fraction of sp³-hybridized carbons (Fsp3) is 0.138. The van der Waals surface area contributed by atoms with Crippen LogP contribution in [0.2, 0.25) is 0 Å². The molecule has 0 aliphatic heterocycles. The molecule has 0 fully saturated rings. The molecule has 3 aromatic carbocycles. The molecule has 7 nitrogen and oxygen atoms in total. The van der Waals surface area contributed by atoms with Gasteiger partial charge in [0.25, 0.3) is 0 Å². The van der Waals surface area contributed by atoms with Gasteiger partial charge in [0.05, 0.1) is 18.2 Å². The van der Waals surface area contributed by atoms with Crippen LogP contribution in [0.15, 0.2) is 86.6 Å². The molecular formula is C29H22FNO6. The van der Waals surface area contributed by atoms with Crippen molar-refractivity contribution in [1.82, 2.24) is 5.32 Å². The van der Waals surface area contributed by atoms with E-state index in [1.165, 1.54) is 12.1 Å². The molecule has 1 atom stereocenters. The van der Waals surface area contributed by atoms with Crippen LogP contribution in [0.25, 0.3) is 33.1 Å². The number of hydrogen-bond acceptors (Lipinski definition) is 5. The number of carbonyl (C=O) groups excluding carboxylic acids is 1. The van der Waals surface area contributed by atoms with Gasteiger partial charge in [-0.25, -0.2) is 14.0 Å². The van der Waals surface area contributed by atoms with Crippen LogP contribution in [0.3, 0.4) is 0 Å². The Hall–Kier alpha value is -4.72. The second kappa shape index (κ2) is 9.73. The minimum atomic E-state index is -1.17. The highest BCUT2D eigenvalue weighted by Gasteiger charge is 2.23. The van der Waals surface area contributed by atoms with E-state index in [1.807, 2.05) is 12.1 Å². The van der Waals surface area contributed by atoms with E-state index < -0.39 is 23.5 Å². The Kier molecular flexibility index (Phi) is 6.31. The van der Waals surface area contributed by atoms with Crippen molar-refractivity contribution in [3.63, 3.8) is 0 Å². The van der Waals surface area contributed by atoms with Gasteiger partial charge in [-0.15, -0.1) is 0 Å². The molecule has 0 radical (unpaired) electrons. The highest BCUT2D eigenvalue weighted by atomic mass is 19.1. The van der Waals surface area contributed by atoms with Crippen molar-refractivity contribution in [1.29, 1.82) is 0 Å². The Morgan fingerprint density at radius 2 is 1.73 bits per heavy atom. The minimum Gasteiger partial charge on any atom is -0.480 e. The molecule has 0 aliphatic rings. The SMILES string of the molecule is Cc1c(CC(=O)N[C@@H](Cc2ccccc2)C(=O)O)c(=O)oc2cc3occ(-c4ccc(F)cc4)c3cc12. The summed E-state index contributed by atoms with van der Waals surface area (Å²) in [6, 6.07) is 17.2. The fourth-order valence-electron chi connectivity index (χ4n) is 4.42. The number of aliphatic carboxylic acids is 1. The van der Waals surface area contributed by atoms with E-state index in [0.29, 0.717) is 22.1 Å². The first kappa shape index (κ1) is 24.0. The molecule has 2 aromatic heterocycles. The highest BCUT2D eigenvalue weighted by molar-refractivity contribution is 6.02. The first-order valence-electron chi connectivity index (χ1n) is 11.6. The van der Waals surface area contributed by atoms with Crippen LogP contribution in [0.1, 0.15) is 16.7 Å². The van der Waals surface area contributed by atoms with Crippen molar-refractivity contribution < 1.29 is 27.9 Å². The largest absolute Gasteiger partial charge is 0.480 e. The number of carboxylic acid groups (broad SMARTS) is 1. The van der Waals surface area contributed by atoms with Gasteiger partial charge in [-0.05, 0) is 41.8 Å². The average molecular weight is 499 g/mol.